The van der Waals surface area contributed by atoms with Crippen molar-refractivity contribution in [2.45, 2.75) is 38.1 Å². The molecule has 2 N–H and O–H groups in total. The lowest BCUT2D eigenvalue weighted by atomic mass is 10.2. The molecule has 1 aromatic carbocycles. The van der Waals surface area contributed by atoms with Crippen LogP contribution in [0, 0.1) is 0 Å². The zero-order chi connectivity index (χ0) is 24.5. The minimum atomic E-state index is -3.73. The van der Waals surface area contributed by atoms with Gasteiger partial charge in [0, 0.05) is 39.8 Å². The molecule has 11 nitrogen and oxygen atoms in total. The molecule has 0 amide bonds. The van der Waals surface area contributed by atoms with Gasteiger partial charge >= 0.3 is 5.69 Å². The van der Waals surface area contributed by atoms with Gasteiger partial charge in [0.15, 0.2) is 11.2 Å². The fourth-order valence-electron chi connectivity index (χ4n) is 4.13. The van der Waals surface area contributed by atoms with E-state index in [-0.39, 0.29) is 16.1 Å². The summed E-state index contributed by atoms with van der Waals surface area (Å²) in [6.07, 6.45) is 1.44. The van der Waals surface area contributed by atoms with Gasteiger partial charge in [-0.25, -0.2) is 18.2 Å². The molecule has 12 heteroatoms. The Morgan fingerprint density at radius 3 is 2.53 bits per heavy atom. The summed E-state index contributed by atoms with van der Waals surface area (Å²) in [4.78, 5) is 32.2. The van der Waals surface area contributed by atoms with Crippen molar-refractivity contribution in [3.63, 3.8) is 0 Å². The largest absolute Gasteiger partial charge is 0.493 e. The van der Waals surface area contributed by atoms with Gasteiger partial charge in [0.2, 0.25) is 10.0 Å². The number of benzene rings is 1. The maximum absolute atomic E-state index is 13.3. The van der Waals surface area contributed by atoms with Gasteiger partial charge in [0.05, 0.1) is 17.1 Å². The summed E-state index contributed by atoms with van der Waals surface area (Å²) in [7, 11) is -2.06. The van der Waals surface area contributed by atoms with Gasteiger partial charge in [-0.3, -0.25) is 14.3 Å². The van der Waals surface area contributed by atoms with Gasteiger partial charge in [0.25, 0.3) is 5.56 Å². The van der Waals surface area contributed by atoms with Crippen molar-refractivity contribution in [1.82, 2.24) is 28.7 Å². The lowest BCUT2D eigenvalue weighted by molar-refractivity contribution is 0.318. The van der Waals surface area contributed by atoms with Gasteiger partial charge in [-0.15, -0.1) is 0 Å². The van der Waals surface area contributed by atoms with Crippen molar-refractivity contribution < 1.29 is 13.2 Å². The van der Waals surface area contributed by atoms with Gasteiger partial charge < -0.3 is 14.6 Å². The van der Waals surface area contributed by atoms with E-state index in [4.69, 9.17) is 4.74 Å². The monoisotopic (exact) mass is 490 g/mol. The van der Waals surface area contributed by atoms with Crippen LogP contribution in [-0.4, -0.2) is 64.6 Å². The van der Waals surface area contributed by atoms with Crippen molar-refractivity contribution in [3.05, 3.63) is 39.0 Å². The Bertz CT molecular complexity index is 1420. The van der Waals surface area contributed by atoms with Crippen molar-refractivity contribution in [2.75, 3.05) is 32.8 Å². The van der Waals surface area contributed by atoms with Crippen LogP contribution in [0.15, 0.2) is 32.7 Å². The van der Waals surface area contributed by atoms with Crippen LogP contribution in [0.1, 0.15) is 26.7 Å². The zero-order valence-corrected chi connectivity index (χ0v) is 20.4. The average Bonchev–Trinajstić information content (AvgIpc) is 3.18. The molecule has 0 radical (unpaired) electrons. The first kappa shape index (κ1) is 24.2. The van der Waals surface area contributed by atoms with Crippen molar-refractivity contribution >= 4 is 21.2 Å². The molecule has 3 heterocycles. The Morgan fingerprint density at radius 2 is 1.85 bits per heavy atom. The SMILES string of the molecule is CCCOc1ccc(S(=O)(=O)N2CCNCC2)cc1-c1nc2c(c(=O)[nH]c(=O)n2CCC)n1C. The molecule has 0 unspecified atom stereocenters. The van der Waals surface area contributed by atoms with E-state index in [0.717, 1.165) is 6.42 Å². The van der Waals surface area contributed by atoms with E-state index in [9.17, 15) is 18.0 Å². The van der Waals surface area contributed by atoms with Crippen LogP contribution in [0.25, 0.3) is 22.6 Å². The number of piperazine rings is 1. The fourth-order valence-corrected chi connectivity index (χ4v) is 5.60. The van der Waals surface area contributed by atoms with E-state index < -0.39 is 21.3 Å². The molecule has 1 fully saturated rings. The van der Waals surface area contributed by atoms with Gasteiger partial charge in [-0.1, -0.05) is 13.8 Å². The molecule has 0 spiro atoms. The summed E-state index contributed by atoms with van der Waals surface area (Å²) < 4.78 is 37.0. The number of hydrogen-bond donors (Lipinski definition) is 2. The molecule has 34 heavy (non-hydrogen) atoms. The summed E-state index contributed by atoms with van der Waals surface area (Å²) in [6.45, 7) is 6.67. The standard InChI is InChI=1S/C22H30N6O5S/c1-4-10-28-20-18(21(29)25-22(28)30)26(3)19(24-20)16-14-15(6-7-17(16)33-13-5-2)34(31,32)27-11-8-23-9-12-27/h6-7,14,23H,4-5,8-13H2,1-3H3,(H,25,29,30). The molecule has 0 saturated carbocycles. The number of aryl methyl sites for hydroxylation is 2. The number of hydrogen-bond acceptors (Lipinski definition) is 7. The lowest BCUT2D eigenvalue weighted by Gasteiger charge is -2.27. The van der Waals surface area contributed by atoms with Gasteiger partial charge in [-0.05, 0) is 31.0 Å². The first-order chi connectivity index (χ1) is 16.3. The van der Waals surface area contributed by atoms with Gasteiger partial charge in [-0.2, -0.15) is 4.31 Å². The van der Waals surface area contributed by atoms with Crippen molar-refractivity contribution in [2.24, 2.45) is 7.05 Å². The molecule has 1 aliphatic heterocycles. The number of fused-ring (bicyclic) bond motifs is 1. The van der Waals surface area contributed by atoms with Crippen molar-refractivity contribution in [3.8, 4) is 17.1 Å². The normalized spacial score (nSPS) is 15.1. The minimum Gasteiger partial charge on any atom is -0.493 e. The molecule has 4 rings (SSSR count). The molecule has 0 aliphatic carbocycles. The van der Waals surface area contributed by atoms with E-state index >= 15 is 0 Å². The predicted molar refractivity (Wildman–Crippen MR) is 129 cm³/mol. The second-order valence-electron chi connectivity index (χ2n) is 8.24. The summed E-state index contributed by atoms with van der Waals surface area (Å²) in [5.74, 6) is 0.805. The van der Waals surface area contributed by atoms with Gasteiger partial charge in [0.1, 0.15) is 11.6 Å². The number of rotatable bonds is 8. The molecule has 2 aromatic heterocycles. The number of H-pyrrole nitrogens is 1. The topological polar surface area (TPSA) is 131 Å². The highest BCUT2D eigenvalue weighted by Crippen LogP contribution is 2.34. The van der Waals surface area contributed by atoms with E-state index in [2.05, 4.69) is 15.3 Å². The lowest BCUT2D eigenvalue weighted by Crippen LogP contribution is -2.46. The third-order valence-electron chi connectivity index (χ3n) is 5.83. The van der Waals surface area contributed by atoms with Crippen LogP contribution < -0.4 is 21.3 Å². The second kappa shape index (κ2) is 9.72. The number of nitrogens with one attached hydrogen (secondary N) is 2. The van der Waals surface area contributed by atoms with Crippen LogP contribution in [0.2, 0.25) is 0 Å². The van der Waals surface area contributed by atoms with Crippen molar-refractivity contribution in [1.29, 1.82) is 0 Å². The maximum atomic E-state index is 13.3. The molecule has 1 saturated heterocycles. The predicted octanol–water partition coefficient (Wildman–Crippen LogP) is 0.883. The Labute approximate surface area is 197 Å². The van der Waals surface area contributed by atoms with E-state index in [1.54, 1.807) is 23.7 Å². The summed E-state index contributed by atoms with van der Waals surface area (Å²) >= 11 is 0. The third-order valence-corrected chi connectivity index (χ3v) is 7.72. The summed E-state index contributed by atoms with van der Waals surface area (Å²) in [5.41, 5.74) is -0.140. The van der Waals surface area contributed by atoms with E-state index in [1.807, 2.05) is 13.8 Å². The Kier molecular flexibility index (Phi) is 6.91. The Hall–Kier alpha value is -2.96. The van der Waals surface area contributed by atoms with Crippen LogP contribution >= 0.6 is 0 Å². The molecular formula is C22H30N6O5S. The van der Waals surface area contributed by atoms with Crippen LogP contribution in [-0.2, 0) is 23.6 Å². The average molecular weight is 491 g/mol. The number of aromatic amines is 1. The van der Waals surface area contributed by atoms with E-state index in [0.29, 0.717) is 62.9 Å². The van der Waals surface area contributed by atoms with Crippen LogP contribution in [0.3, 0.4) is 0 Å². The molecule has 184 valence electrons. The summed E-state index contributed by atoms with van der Waals surface area (Å²) in [5, 5.41) is 3.16. The fraction of sp³-hybridized carbons (Fsp3) is 0.500. The third kappa shape index (κ3) is 4.28. The Morgan fingerprint density at radius 1 is 1.12 bits per heavy atom. The quantitative estimate of drug-likeness (QED) is 0.479. The number of imidazole rings is 1. The molecule has 0 atom stereocenters. The number of ether oxygens (including phenoxy) is 1. The van der Waals surface area contributed by atoms with Crippen LogP contribution in [0.5, 0.6) is 5.75 Å². The molecule has 1 aliphatic rings. The maximum Gasteiger partial charge on any atom is 0.330 e. The summed E-state index contributed by atoms with van der Waals surface area (Å²) in [6, 6.07) is 4.71. The molecule has 3 aromatic rings. The molecular weight excluding hydrogens is 460 g/mol. The highest BCUT2D eigenvalue weighted by atomic mass is 32.2. The first-order valence-corrected chi connectivity index (χ1v) is 12.9. The van der Waals surface area contributed by atoms with Crippen LogP contribution in [0.4, 0.5) is 0 Å². The first-order valence-electron chi connectivity index (χ1n) is 11.5. The minimum absolute atomic E-state index is 0.125. The Balaban J connectivity index is 1.93. The number of sulfonamides is 1. The smallest absolute Gasteiger partial charge is 0.330 e. The second-order valence-corrected chi connectivity index (χ2v) is 10.2. The zero-order valence-electron chi connectivity index (χ0n) is 19.6. The molecule has 0 bridgehead atoms. The highest BCUT2D eigenvalue weighted by molar-refractivity contribution is 7.89. The van der Waals surface area contributed by atoms with E-state index in [1.165, 1.54) is 14.9 Å². The highest BCUT2D eigenvalue weighted by Gasteiger charge is 2.28. The number of aromatic nitrogens is 4. The number of nitrogens with zero attached hydrogens (tertiary/aromatic N) is 4.